The molecule has 7 heteroatoms. The second-order valence-electron chi connectivity index (χ2n) is 6.71. The molecule has 0 bridgehead atoms. The van der Waals surface area contributed by atoms with Gasteiger partial charge in [0, 0.05) is 54.6 Å². The second-order valence-corrected chi connectivity index (χ2v) is 6.71. The van der Waals surface area contributed by atoms with Crippen molar-refractivity contribution in [2.75, 3.05) is 18.4 Å². The molecule has 2 aromatic rings. The van der Waals surface area contributed by atoms with Crippen molar-refractivity contribution in [2.45, 2.75) is 32.7 Å². The summed E-state index contributed by atoms with van der Waals surface area (Å²) < 4.78 is 0. The number of hydrogen-bond donors (Lipinski definition) is 1. The minimum atomic E-state index is -0.385. The van der Waals surface area contributed by atoms with Crippen LogP contribution >= 0.6 is 0 Å². The molecule has 7 nitrogen and oxygen atoms in total. The Morgan fingerprint density at radius 3 is 2.64 bits per heavy atom. The summed E-state index contributed by atoms with van der Waals surface area (Å²) in [4.78, 5) is 28.8. The SMILES string of the molecule is CC(C)C(=O)N1CCC(Nc2ccc([N+](=O)[O-])c3cnccc23)CC1. The van der Waals surface area contributed by atoms with Gasteiger partial charge in [-0.1, -0.05) is 13.8 Å². The maximum Gasteiger partial charge on any atom is 0.278 e. The van der Waals surface area contributed by atoms with E-state index < -0.39 is 0 Å². The Morgan fingerprint density at radius 2 is 2.00 bits per heavy atom. The first-order valence-corrected chi connectivity index (χ1v) is 8.54. The van der Waals surface area contributed by atoms with Crippen molar-refractivity contribution in [3.63, 3.8) is 0 Å². The summed E-state index contributed by atoms with van der Waals surface area (Å²) in [5.41, 5.74) is 0.933. The van der Waals surface area contributed by atoms with Crippen molar-refractivity contribution < 1.29 is 9.72 Å². The van der Waals surface area contributed by atoms with E-state index in [0.29, 0.717) is 5.39 Å². The number of carbonyl (C=O) groups excluding carboxylic acids is 1. The van der Waals surface area contributed by atoms with Gasteiger partial charge < -0.3 is 10.2 Å². The highest BCUT2D eigenvalue weighted by atomic mass is 16.6. The molecule has 0 unspecified atom stereocenters. The van der Waals surface area contributed by atoms with Gasteiger partial charge in [-0.3, -0.25) is 19.9 Å². The van der Waals surface area contributed by atoms with Crippen LogP contribution in [0.2, 0.25) is 0 Å². The summed E-state index contributed by atoms with van der Waals surface area (Å²) >= 11 is 0. The number of anilines is 1. The first-order chi connectivity index (χ1) is 12.0. The van der Waals surface area contributed by atoms with Gasteiger partial charge in [0.2, 0.25) is 5.91 Å². The van der Waals surface area contributed by atoms with Gasteiger partial charge in [-0.2, -0.15) is 0 Å². The number of aromatic nitrogens is 1. The van der Waals surface area contributed by atoms with E-state index in [1.807, 2.05) is 18.7 Å². The Balaban J connectivity index is 1.76. The molecule has 0 saturated carbocycles. The molecule has 1 saturated heterocycles. The molecule has 1 fully saturated rings. The van der Waals surface area contributed by atoms with Crippen LogP contribution in [0.15, 0.2) is 30.6 Å². The Labute approximate surface area is 146 Å². The van der Waals surface area contributed by atoms with Gasteiger partial charge in [0.25, 0.3) is 5.69 Å². The fourth-order valence-electron chi connectivity index (χ4n) is 3.29. The topological polar surface area (TPSA) is 88.4 Å². The first kappa shape index (κ1) is 17.1. The van der Waals surface area contributed by atoms with Gasteiger partial charge in [-0.25, -0.2) is 0 Å². The lowest BCUT2D eigenvalue weighted by atomic mass is 10.0. The molecular weight excluding hydrogens is 320 g/mol. The van der Waals surface area contributed by atoms with Crippen LogP contribution in [0.3, 0.4) is 0 Å². The van der Waals surface area contributed by atoms with Gasteiger partial charge in [0.15, 0.2) is 0 Å². The van der Waals surface area contributed by atoms with Crippen LogP contribution in [-0.2, 0) is 4.79 Å². The van der Waals surface area contributed by atoms with Gasteiger partial charge in [-0.15, -0.1) is 0 Å². The fraction of sp³-hybridized carbons (Fsp3) is 0.444. The third kappa shape index (κ3) is 3.55. The first-order valence-electron chi connectivity index (χ1n) is 8.54. The predicted molar refractivity (Wildman–Crippen MR) is 96.5 cm³/mol. The van der Waals surface area contributed by atoms with E-state index in [4.69, 9.17) is 0 Å². The number of amides is 1. The number of fused-ring (bicyclic) bond motifs is 1. The Bertz CT molecular complexity index is 798. The number of hydrogen-bond acceptors (Lipinski definition) is 5. The highest BCUT2D eigenvalue weighted by molar-refractivity contribution is 5.99. The molecule has 0 radical (unpaired) electrons. The number of piperidine rings is 1. The smallest absolute Gasteiger partial charge is 0.278 e. The number of nitro benzene ring substituents is 1. The van der Waals surface area contributed by atoms with E-state index in [1.54, 1.807) is 18.3 Å². The van der Waals surface area contributed by atoms with Crippen LogP contribution < -0.4 is 5.32 Å². The maximum absolute atomic E-state index is 12.1. The monoisotopic (exact) mass is 342 g/mol. The molecule has 3 rings (SSSR count). The number of benzene rings is 1. The second kappa shape index (κ2) is 7.04. The van der Waals surface area contributed by atoms with Crippen LogP contribution in [0, 0.1) is 16.0 Å². The average molecular weight is 342 g/mol. The van der Waals surface area contributed by atoms with Gasteiger partial charge in [0.05, 0.1) is 10.3 Å². The lowest BCUT2D eigenvalue weighted by molar-refractivity contribution is -0.383. The van der Waals surface area contributed by atoms with E-state index in [-0.39, 0.29) is 28.5 Å². The minimum Gasteiger partial charge on any atom is -0.382 e. The summed E-state index contributed by atoms with van der Waals surface area (Å²) in [6, 6.07) is 5.31. The zero-order valence-corrected chi connectivity index (χ0v) is 14.4. The van der Waals surface area contributed by atoms with Gasteiger partial charge >= 0.3 is 0 Å². The summed E-state index contributed by atoms with van der Waals surface area (Å²) in [5, 5.41) is 16.0. The standard InChI is InChI=1S/C18H22N4O3/c1-12(2)18(23)21-9-6-13(7-10-21)20-16-3-4-17(22(24)25)15-11-19-8-5-14(15)16/h3-5,8,11-13,20H,6-7,9-10H2,1-2H3. The van der Waals surface area contributed by atoms with Crippen LogP contribution in [-0.4, -0.2) is 39.8 Å². The lowest BCUT2D eigenvalue weighted by Gasteiger charge is -2.34. The normalized spacial score (nSPS) is 15.6. The molecule has 2 heterocycles. The van der Waals surface area contributed by atoms with Crippen LogP contribution in [0.25, 0.3) is 10.8 Å². The van der Waals surface area contributed by atoms with E-state index >= 15 is 0 Å². The third-order valence-corrected chi connectivity index (χ3v) is 4.65. The van der Waals surface area contributed by atoms with Crippen molar-refractivity contribution in [3.05, 3.63) is 40.7 Å². The van der Waals surface area contributed by atoms with Gasteiger partial charge in [-0.05, 0) is 25.0 Å². The molecule has 0 atom stereocenters. The molecule has 0 spiro atoms. The number of nitrogens with zero attached hydrogens (tertiary/aromatic N) is 3. The molecule has 1 amide bonds. The summed E-state index contributed by atoms with van der Waals surface area (Å²) in [6.07, 6.45) is 4.90. The number of nitrogens with one attached hydrogen (secondary N) is 1. The summed E-state index contributed by atoms with van der Waals surface area (Å²) in [5.74, 6) is 0.223. The number of likely N-dealkylation sites (tertiary alicyclic amines) is 1. The largest absolute Gasteiger partial charge is 0.382 e. The van der Waals surface area contributed by atoms with Gasteiger partial charge in [0.1, 0.15) is 0 Å². The number of non-ortho nitro benzene ring substituents is 1. The average Bonchev–Trinajstić information content (AvgIpc) is 2.61. The van der Waals surface area contributed by atoms with E-state index in [9.17, 15) is 14.9 Å². The Kier molecular flexibility index (Phi) is 4.83. The molecule has 25 heavy (non-hydrogen) atoms. The highest BCUT2D eigenvalue weighted by Gasteiger charge is 2.25. The molecule has 1 aliphatic rings. The molecule has 132 valence electrons. The van der Waals surface area contributed by atoms with Crippen molar-refractivity contribution >= 4 is 28.1 Å². The maximum atomic E-state index is 12.1. The van der Waals surface area contributed by atoms with E-state index in [2.05, 4.69) is 10.3 Å². The molecule has 1 N–H and O–H groups in total. The minimum absolute atomic E-state index is 0.0237. The number of carbonyl (C=O) groups is 1. The number of pyridine rings is 1. The van der Waals surface area contributed by atoms with Crippen LogP contribution in [0.4, 0.5) is 11.4 Å². The van der Waals surface area contributed by atoms with Crippen molar-refractivity contribution in [3.8, 4) is 0 Å². The van der Waals surface area contributed by atoms with E-state index in [1.165, 1.54) is 12.3 Å². The molecule has 1 aliphatic heterocycles. The van der Waals surface area contributed by atoms with Crippen molar-refractivity contribution in [1.82, 2.24) is 9.88 Å². The fourth-order valence-corrected chi connectivity index (χ4v) is 3.29. The number of nitro groups is 1. The molecule has 0 aliphatic carbocycles. The lowest BCUT2D eigenvalue weighted by Crippen LogP contribution is -2.44. The Morgan fingerprint density at radius 1 is 1.28 bits per heavy atom. The third-order valence-electron chi connectivity index (χ3n) is 4.65. The van der Waals surface area contributed by atoms with Crippen molar-refractivity contribution in [2.24, 2.45) is 5.92 Å². The summed E-state index contributed by atoms with van der Waals surface area (Å²) in [7, 11) is 0. The van der Waals surface area contributed by atoms with E-state index in [0.717, 1.165) is 37.0 Å². The predicted octanol–water partition coefficient (Wildman–Crippen LogP) is 3.20. The molecule has 1 aromatic heterocycles. The van der Waals surface area contributed by atoms with Crippen LogP contribution in [0.1, 0.15) is 26.7 Å². The summed E-state index contributed by atoms with van der Waals surface area (Å²) in [6.45, 7) is 5.32. The molecular formula is C18H22N4O3. The van der Waals surface area contributed by atoms with Crippen molar-refractivity contribution in [1.29, 1.82) is 0 Å². The zero-order chi connectivity index (χ0) is 18.0. The number of rotatable bonds is 4. The highest BCUT2D eigenvalue weighted by Crippen LogP contribution is 2.31. The zero-order valence-electron chi connectivity index (χ0n) is 14.4. The quantitative estimate of drug-likeness (QED) is 0.681. The van der Waals surface area contributed by atoms with Crippen LogP contribution in [0.5, 0.6) is 0 Å². The molecule has 1 aromatic carbocycles. The Hall–Kier alpha value is -2.70.